The van der Waals surface area contributed by atoms with E-state index in [9.17, 15) is 9.59 Å². The summed E-state index contributed by atoms with van der Waals surface area (Å²) in [7, 11) is 1.70. The van der Waals surface area contributed by atoms with Crippen molar-refractivity contribution < 1.29 is 9.53 Å². The summed E-state index contributed by atoms with van der Waals surface area (Å²) in [5.41, 5.74) is 0.349. The number of aromatic nitrogens is 2. The highest BCUT2D eigenvalue weighted by Gasteiger charge is 2.08. The first-order chi connectivity index (χ1) is 9.09. The van der Waals surface area contributed by atoms with Crippen molar-refractivity contribution in [2.45, 2.75) is 6.92 Å². The quantitative estimate of drug-likeness (QED) is 0.882. The maximum atomic E-state index is 11.8. The SMILES string of the molecule is CC(=O)N(C)CCOc1cccc2nc[nH]c(=O)c12. The Morgan fingerprint density at radius 2 is 2.26 bits per heavy atom. The lowest BCUT2D eigenvalue weighted by Gasteiger charge is -2.15. The maximum Gasteiger partial charge on any atom is 0.262 e. The fraction of sp³-hybridized carbons (Fsp3) is 0.308. The summed E-state index contributed by atoms with van der Waals surface area (Å²) in [5.74, 6) is 0.449. The first-order valence-electron chi connectivity index (χ1n) is 5.90. The molecular weight excluding hydrogens is 246 g/mol. The Morgan fingerprint density at radius 3 is 3.00 bits per heavy atom. The standard InChI is InChI=1S/C13H15N3O3/c1-9(17)16(2)6-7-19-11-5-3-4-10-12(11)13(18)15-8-14-10/h3-5,8H,6-7H2,1-2H3,(H,14,15,18). The minimum Gasteiger partial charge on any atom is -0.491 e. The fourth-order valence-electron chi connectivity index (χ4n) is 1.66. The summed E-state index contributed by atoms with van der Waals surface area (Å²) in [6.07, 6.45) is 1.36. The van der Waals surface area contributed by atoms with E-state index in [1.807, 2.05) is 0 Å². The van der Waals surface area contributed by atoms with Gasteiger partial charge in [0.15, 0.2) is 0 Å². The zero-order chi connectivity index (χ0) is 13.8. The van der Waals surface area contributed by atoms with E-state index >= 15 is 0 Å². The van der Waals surface area contributed by atoms with Gasteiger partial charge in [-0.05, 0) is 12.1 Å². The summed E-state index contributed by atoms with van der Waals surface area (Å²) in [6.45, 7) is 2.28. The van der Waals surface area contributed by atoms with Crippen LogP contribution in [0.1, 0.15) is 6.92 Å². The van der Waals surface area contributed by atoms with Crippen LogP contribution in [0.25, 0.3) is 10.9 Å². The summed E-state index contributed by atoms with van der Waals surface area (Å²) in [4.78, 5) is 31.0. The second kappa shape index (κ2) is 5.51. The Hall–Kier alpha value is -2.37. The van der Waals surface area contributed by atoms with Crippen LogP contribution in [0.3, 0.4) is 0 Å². The van der Waals surface area contributed by atoms with Gasteiger partial charge < -0.3 is 14.6 Å². The molecule has 1 aromatic heterocycles. The molecule has 2 aromatic rings. The molecule has 6 heteroatoms. The summed E-state index contributed by atoms with van der Waals surface area (Å²) < 4.78 is 5.57. The molecule has 0 saturated heterocycles. The van der Waals surface area contributed by atoms with Gasteiger partial charge in [0.05, 0.1) is 18.4 Å². The maximum absolute atomic E-state index is 11.8. The molecule has 0 unspecified atom stereocenters. The lowest BCUT2D eigenvalue weighted by molar-refractivity contribution is -0.127. The third-order valence-electron chi connectivity index (χ3n) is 2.85. The van der Waals surface area contributed by atoms with E-state index in [-0.39, 0.29) is 11.5 Å². The monoisotopic (exact) mass is 261 g/mol. The Balaban J connectivity index is 2.17. The van der Waals surface area contributed by atoms with Gasteiger partial charge in [-0.15, -0.1) is 0 Å². The number of fused-ring (bicyclic) bond motifs is 1. The van der Waals surface area contributed by atoms with Gasteiger partial charge in [-0.3, -0.25) is 9.59 Å². The van der Waals surface area contributed by atoms with Crippen molar-refractivity contribution in [2.75, 3.05) is 20.2 Å². The average molecular weight is 261 g/mol. The number of amides is 1. The molecule has 100 valence electrons. The molecule has 2 rings (SSSR count). The van der Waals surface area contributed by atoms with Gasteiger partial charge in [0.2, 0.25) is 5.91 Å². The molecule has 1 heterocycles. The number of benzene rings is 1. The fourth-order valence-corrected chi connectivity index (χ4v) is 1.66. The van der Waals surface area contributed by atoms with Crippen molar-refractivity contribution in [2.24, 2.45) is 0 Å². The Bertz CT molecular complexity index is 646. The molecule has 0 saturated carbocycles. The lowest BCUT2D eigenvalue weighted by atomic mass is 10.2. The third-order valence-corrected chi connectivity index (χ3v) is 2.85. The highest BCUT2D eigenvalue weighted by molar-refractivity contribution is 5.83. The molecule has 0 bridgehead atoms. The van der Waals surface area contributed by atoms with Gasteiger partial charge in [0.25, 0.3) is 5.56 Å². The molecule has 0 aliphatic rings. The van der Waals surface area contributed by atoms with E-state index < -0.39 is 0 Å². The van der Waals surface area contributed by atoms with Crippen LogP contribution in [0.2, 0.25) is 0 Å². The number of carbonyl (C=O) groups is 1. The first-order valence-corrected chi connectivity index (χ1v) is 5.90. The molecule has 0 fully saturated rings. The molecule has 0 aliphatic carbocycles. The van der Waals surface area contributed by atoms with Crippen LogP contribution in [0.4, 0.5) is 0 Å². The highest BCUT2D eigenvalue weighted by atomic mass is 16.5. The van der Waals surface area contributed by atoms with E-state index in [4.69, 9.17) is 4.74 Å². The summed E-state index contributed by atoms with van der Waals surface area (Å²) in [5, 5.41) is 0.426. The highest BCUT2D eigenvalue weighted by Crippen LogP contribution is 2.19. The van der Waals surface area contributed by atoms with Crippen molar-refractivity contribution in [3.63, 3.8) is 0 Å². The molecule has 6 nitrogen and oxygen atoms in total. The minimum atomic E-state index is -0.236. The molecule has 0 atom stereocenters. The van der Waals surface area contributed by atoms with E-state index in [1.165, 1.54) is 13.3 Å². The van der Waals surface area contributed by atoms with Crippen molar-refractivity contribution in [1.29, 1.82) is 0 Å². The van der Waals surface area contributed by atoms with Crippen LogP contribution >= 0.6 is 0 Å². The van der Waals surface area contributed by atoms with Crippen molar-refractivity contribution in [1.82, 2.24) is 14.9 Å². The second-order valence-electron chi connectivity index (χ2n) is 4.17. The van der Waals surface area contributed by atoms with E-state index in [0.717, 1.165) is 0 Å². The number of aromatic amines is 1. The Morgan fingerprint density at radius 1 is 1.47 bits per heavy atom. The third kappa shape index (κ3) is 2.90. The summed E-state index contributed by atoms with van der Waals surface area (Å²) in [6, 6.07) is 5.24. The number of nitrogens with one attached hydrogen (secondary N) is 1. The largest absolute Gasteiger partial charge is 0.491 e. The smallest absolute Gasteiger partial charge is 0.262 e. The van der Waals surface area contributed by atoms with E-state index in [1.54, 1.807) is 30.1 Å². The molecule has 0 radical (unpaired) electrons. The van der Waals surface area contributed by atoms with Crippen LogP contribution in [-0.4, -0.2) is 41.0 Å². The Kier molecular flexibility index (Phi) is 3.79. The van der Waals surface area contributed by atoms with E-state index in [2.05, 4.69) is 9.97 Å². The molecule has 19 heavy (non-hydrogen) atoms. The minimum absolute atomic E-state index is 0.0268. The lowest BCUT2D eigenvalue weighted by Crippen LogP contribution is -2.28. The van der Waals surface area contributed by atoms with Gasteiger partial charge in [0, 0.05) is 14.0 Å². The zero-order valence-corrected chi connectivity index (χ0v) is 10.8. The van der Waals surface area contributed by atoms with Crippen molar-refractivity contribution in [3.05, 3.63) is 34.9 Å². The van der Waals surface area contributed by atoms with Gasteiger partial charge in [-0.2, -0.15) is 0 Å². The van der Waals surface area contributed by atoms with Crippen LogP contribution in [0.5, 0.6) is 5.75 Å². The molecule has 0 spiro atoms. The number of H-pyrrole nitrogens is 1. The van der Waals surface area contributed by atoms with Gasteiger partial charge in [-0.25, -0.2) is 4.98 Å². The molecular formula is C13H15N3O3. The Labute approximate surface area is 110 Å². The van der Waals surface area contributed by atoms with Crippen molar-refractivity contribution >= 4 is 16.8 Å². The molecule has 1 amide bonds. The zero-order valence-electron chi connectivity index (χ0n) is 10.8. The number of nitrogens with zero attached hydrogens (tertiary/aromatic N) is 2. The van der Waals surface area contributed by atoms with Gasteiger partial charge >= 0.3 is 0 Å². The van der Waals surface area contributed by atoms with Crippen molar-refractivity contribution in [3.8, 4) is 5.75 Å². The predicted octanol–water partition coefficient (Wildman–Crippen LogP) is 0.780. The van der Waals surface area contributed by atoms with E-state index in [0.29, 0.717) is 29.8 Å². The van der Waals surface area contributed by atoms with Gasteiger partial charge in [-0.1, -0.05) is 6.07 Å². The number of hydrogen-bond acceptors (Lipinski definition) is 4. The van der Waals surface area contributed by atoms with Crippen LogP contribution < -0.4 is 10.3 Å². The first kappa shape index (κ1) is 13.1. The normalized spacial score (nSPS) is 10.4. The molecule has 1 aromatic carbocycles. The molecule has 0 aliphatic heterocycles. The average Bonchev–Trinajstić information content (AvgIpc) is 2.38. The molecule has 1 N–H and O–H groups in total. The van der Waals surface area contributed by atoms with Crippen LogP contribution in [0, 0.1) is 0 Å². The number of carbonyl (C=O) groups excluding carboxylic acids is 1. The van der Waals surface area contributed by atoms with Crippen LogP contribution in [-0.2, 0) is 4.79 Å². The number of rotatable bonds is 4. The number of ether oxygens (including phenoxy) is 1. The predicted molar refractivity (Wildman–Crippen MR) is 71.2 cm³/mol. The number of likely N-dealkylation sites (N-methyl/N-ethyl adjacent to an activating group) is 1. The summed E-state index contributed by atoms with van der Waals surface area (Å²) >= 11 is 0. The van der Waals surface area contributed by atoms with Gasteiger partial charge in [0.1, 0.15) is 17.7 Å². The van der Waals surface area contributed by atoms with Crippen LogP contribution in [0.15, 0.2) is 29.3 Å². The second-order valence-corrected chi connectivity index (χ2v) is 4.17. The number of hydrogen-bond donors (Lipinski definition) is 1. The topological polar surface area (TPSA) is 75.3 Å².